The first kappa shape index (κ1) is 12.3. The molecule has 2 aromatic carbocycles. The summed E-state index contributed by atoms with van der Waals surface area (Å²) in [5, 5.41) is 2.39. The molecule has 0 saturated carbocycles. The molecule has 0 radical (unpaired) electrons. The van der Waals surface area contributed by atoms with Gasteiger partial charge in [-0.25, -0.2) is 9.97 Å². The number of aromatic nitrogens is 2. The smallest absolute Gasteiger partial charge is 0.161 e. The van der Waals surface area contributed by atoms with E-state index in [0.29, 0.717) is 11.6 Å². The third-order valence-electron chi connectivity index (χ3n) is 3.05. The lowest BCUT2D eigenvalue weighted by atomic mass is 10.1. The van der Waals surface area contributed by atoms with Gasteiger partial charge in [0.1, 0.15) is 5.82 Å². The van der Waals surface area contributed by atoms with Crippen molar-refractivity contribution in [3.63, 3.8) is 0 Å². The van der Waals surface area contributed by atoms with Crippen LogP contribution in [-0.2, 0) is 0 Å². The summed E-state index contributed by atoms with van der Waals surface area (Å²) in [7, 11) is 0. The standard InChI is InChI=1S/C15H12IN3/c1-9-13(16)14(17)19-15(18-9)12-7-6-10-4-2-3-5-11(10)8-12/h2-8H,1H3,(H2,17,18,19). The fourth-order valence-electron chi connectivity index (χ4n) is 2.04. The lowest BCUT2D eigenvalue weighted by Crippen LogP contribution is -2.02. The van der Waals surface area contributed by atoms with Gasteiger partial charge in [-0.2, -0.15) is 0 Å². The van der Waals surface area contributed by atoms with Gasteiger partial charge in [0.25, 0.3) is 0 Å². The maximum Gasteiger partial charge on any atom is 0.161 e. The van der Waals surface area contributed by atoms with Crippen molar-refractivity contribution in [2.45, 2.75) is 6.92 Å². The quantitative estimate of drug-likeness (QED) is 0.671. The normalized spacial score (nSPS) is 10.8. The van der Waals surface area contributed by atoms with Crippen molar-refractivity contribution in [2.75, 3.05) is 5.73 Å². The highest BCUT2D eigenvalue weighted by Crippen LogP contribution is 2.24. The first-order valence-electron chi connectivity index (χ1n) is 5.94. The zero-order valence-electron chi connectivity index (χ0n) is 10.4. The Kier molecular flexibility index (Phi) is 3.10. The number of nitrogens with two attached hydrogens (primary N) is 1. The molecule has 1 aromatic heterocycles. The molecule has 0 aliphatic carbocycles. The van der Waals surface area contributed by atoms with Crippen molar-refractivity contribution in [3.8, 4) is 11.4 Å². The Bertz CT molecular complexity index is 745. The van der Waals surface area contributed by atoms with E-state index in [1.165, 1.54) is 10.8 Å². The average Bonchev–Trinajstić information content (AvgIpc) is 2.43. The van der Waals surface area contributed by atoms with E-state index in [1.807, 2.05) is 25.1 Å². The Morgan fingerprint density at radius 3 is 2.47 bits per heavy atom. The molecular weight excluding hydrogens is 349 g/mol. The first-order valence-corrected chi connectivity index (χ1v) is 7.02. The summed E-state index contributed by atoms with van der Waals surface area (Å²) < 4.78 is 0.919. The molecule has 0 fully saturated rings. The van der Waals surface area contributed by atoms with Gasteiger partial charge >= 0.3 is 0 Å². The Morgan fingerprint density at radius 2 is 1.74 bits per heavy atom. The van der Waals surface area contributed by atoms with E-state index < -0.39 is 0 Å². The summed E-state index contributed by atoms with van der Waals surface area (Å²) in [6, 6.07) is 14.4. The molecule has 19 heavy (non-hydrogen) atoms. The number of fused-ring (bicyclic) bond motifs is 1. The van der Waals surface area contributed by atoms with Crippen molar-refractivity contribution >= 4 is 39.2 Å². The summed E-state index contributed by atoms with van der Waals surface area (Å²) in [5.74, 6) is 1.22. The Balaban J connectivity index is 2.19. The van der Waals surface area contributed by atoms with E-state index in [4.69, 9.17) is 5.73 Å². The molecule has 0 amide bonds. The van der Waals surface area contributed by atoms with Crippen LogP contribution in [0.2, 0.25) is 0 Å². The van der Waals surface area contributed by atoms with E-state index in [0.717, 1.165) is 14.8 Å². The van der Waals surface area contributed by atoms with Crippen molar-refractivity contribution < 1.29 is 0 Å². The number of rotatable bonds is 1. The summed E-state index contributed by atoms with van der Waals surface area (Å²) in [6.45, 7) is 1.95. The lowest BCUT2D eigenvalue weighted by Gasteiger charge is -2.07. The lowest BCUT2D eigenvalue weighted by molar-refractivity contribution is 1.10. The van der Waals surface area contributed by atoms with Crippen LogP contribution in [0.25, 0.3) is 22.2 Å². The van der Waals surface area contributed by atoms with Crippen molar-refractivity contribution in [3.05, 3.63) is 51.7 Å². The third kappa shape index (κ3) is 2.28. The fraction of sp³-hybridized carbons (Fsp3) is 0.0667. The topological polar surface area (TPSA) is 51.8 Å². The Labute approximate surface area is 125 Å². The van der Waals surface area contributed by atoms with Gasteiger partial charge in [-0.05, 0) is 46.4 Å². The number of hydrogen-bond donors (Lipinski definition) is 1. The number of nitrogens with zero attached hydrogens (tertiary/aromatic N) is 2. The molecule has 3 rings (SSSR count). The maximum absolute atomic E-state index is 5.91. The SMILES string of the molecule is Cc1nc(-c2ccc3ccccc3c2)nc(N)c1I. The van der Waals surface area contributed by atoms with Crippen LogP contribution in [0.3, 0.4) is 0 Å². The van der Waals surface area contributed by atoms with Gasteiger partial charge in [-0.15, -0.1) is 0 Å². The Morgan fingerprint density at radius 1 is 1.00 bits per heavy atom. The summed E-state index contributed by atoms with van der Waals surface area (Å²) in [5.41, 5.74) is 7.82. The van der Waals surface area contributed by atoms with Crippen LogP contribution in [0, 0.1) is 10.5 Å². The third-order valence-corrected chi connectivity index (χ3v) is 4.38. The zero-order chi connectivity index (χ0) is 13.4. The highest BCUT2D eigenvalue weighted by molar-refractivity contribution is 14.1. The van der Waals surface area contributed by atoms with Crippen molar-refractivity contribution in [1.29, 1.82) is 0 Å². The molecule has 0 unspecified atom stereocenters. The Hall–Kier alpha value is -1.69. The molecule has 0 saturated heterocycles. The maximum atomic E-state index is 5.91. The predicted molar refractivity (Wildman–Crippen MR) is 86.8 cm³/mol. The number of benzene rings is 2. The molecule has 1 heterocycles. The van der Waals surface area contributed by atoms with Crippen LogP contribution in [0.5, 0.6) is 0 Å². The molecular formula is C15H12IN3. The van der Waals surface area contributed by atoms with E-state index in [2.05, 4.69) is 56.8 Å². The fourth-order valence-corrected chi connectivity index (χ4v) is 2.28. The molecule has 0 atom stereocenters. The molecule has 0 aliphatic rings. The van der Waals surface area contributed by atoms with Gasteiger partial charge in [0, 0.05) is 5.56 Å². The zero-order valence-corrected chi connectivity index (χ0v) is 12.5. The van der Waals surface area contributed by atoms with Crippen LogP contribution < -0.4 is 5.73 Å². The van der Waals surface area contributed by atoms with Crippen LogP contribution in [0.15, 0.2) is 42.5 Å². The van der Waals surface area contributed by atoms with Crippen LogP contribution >= 0.6 is 22.6 Å². The minimum Gasteiger partial charge on any atom is -0.383 e. The molecule has 4 heteroatoms. The van der Waals surface area contributed by atoms with E-state index >= 15 is 0 Å². The predicted octanol–water partition coefficient (Wildman–Crippen LogP) is 3.79. The second-order valence-corrected chi connectivity index (χ2v) is 5.47. The minimum atomic E-state index is 0.538. The van der Waals surface area contributed by atoms with E-state index in [1.54, 1.807) is 0 Å². The van der Waals surface area contributed by atoms with E-state index in [-0.39, 0.29) is 0 Å². The molecule has 94 valence electrons. The first-order chi connectivity index (χ1) is 9.15. The minimum absolute atomic E-state index is 0.538. The number of halogens is 1. The molecule has 0 aliphatic heterocycles. The number of aryl methyl sites for hydroxylation is 1. The van der Waals surface area contributed by atoms with Gasteiger partial charge in [0.2, 0.25) is 0 Å². The number of hydrogen-bond acceptors (Lipinski definition) is 3. The van der Waals surface area contributed by atoms with Crippen LogP contribution in [0.4, 0.5) is 5.82 Å². The average molecular weight is 361 g/mol. The summed E-state index contributed by atoms with van der Waals surface area (Å²) in [6.07, 6.45) is 0. The molecule has 0 spiro atoms. The van der Waals surface area contributed by atoms with Gasteiger partial charge in [0.05, 0.1) is 9.26 Å². The monoisotopic (exact) mass is 361 g/mol. The van der Waals surface area contributed by atoms with Crippen molar-refractivity contribution in [1.82, 2.24) is 9.97 Å². The molecule has 3 aromatic rings. The van der Waals surface area contributed by atoms with Gasteiger partial charge in [-0.1, -0.05) is 36.4 Å². The van der Waals surface area contributed by atoms with Gasteiger partial charge in [-0.3, -0.25) is 0 Å². The van der Waals surface area contributed by atoms with Crippen molar-refractivity contribution in [2.24, 2.45) is 0 Å². The second kappa shape index (κ2) is 4.77. The summed E-state index contributed by atoms with van der Waals surface area (Å²) >= 11 is 2.17. The van der Waals surface area contributed by atoms with Crippen LogP contribution in [-0.4, -0.2) is 9.97 Å². The molecule has 0 bridgehead atoms. The van der Waals surface area contributed by atoms with Gasteiger partial charge in [0.15, 0.2) is 5.82 Å². The number of nitrogen functional groups attached to an aromatic ring is 1. The van der Waals surface area contributed by atoms with Crippen LogP contribution in [0.1, 0.15) is 5.69 Å². The van der Waals surface area contributed by atoms with Gasteiger partial charge < -0.3 is 5.73 Å². The molecule has 2 N–H and O–H groups in total. The second-order valence-electron chi connectivity index (χ2n) is 4.39. The highest BCUT2D eigenvalue weighted by atomic mass is 127. The van der Waals surface area contributed by atoms with E-state index in [9.17, 15) is 0 Å². The largest absolute Gasteiger partial charge is 0.383 e. The highest BCUT2D eigenvalue weighted by Gasteiger charge is 2.08. The summed E-state index contributed by atoms with van der Waals surface area (Å²) in [4.78, 5) is 8.88. The number of anilines is 1. The molecule has 3 nitrogen and oxygen atoms in total.